The van der Waals surface area contributed by atoms with Gasteiger partial charge in [-0.3, -0.25) is 0 Å². The zero-order valence-electron chi connectivity index (χ0n) is 13.9. The number of pyridine rings is 1. The maximum atomic E-state index is 5.67. The van der Waals surface area contributed by atoms with Crippen molar-refractivity contribution in [3.63, 3.8) is 0 Å². The van der Waals surface area contributed by atoms with Crippen LogP contribution >= 0.6 is 11.5 Å². The standard InChI is InChI=1S/C17H24N6S/c18-15-7-6-14(12-19-15)22-8-10-23(11-9-22)17-20-16(21-24-17)13-4-2-1-3-5-13/h6-7,12-13H,1-5,8-11H2,(H2,18,19). The topological polar surface area (TPSA) is 71.2 Å². The lowest BCUT2D eigenvalue weighted by molar-refractivity contribution is 0.431. The van der Waals surface area contributed by atoms with Crippen LogP contribution in [0.4, 0.5) is 16.6 Å². The molecule has 0 atom stereocenters. The molecule has 4 rings (SSSR count). The first-order valence-electron chi connectivity index (χ1n) is 8.84. The molecular weight excluding hydrogens is 320 g/mol. The number of nitrogens with two attached hydrogens (primary N) is 1. The van der Waals surface area contributed by atoms with Gasteiger partial charge in [-0.25, -0.2) is 9.97 Å². The number of hydrogen-bond donors (Lipinski definition) is 1. The minimum Gasteiger partial charge on any atom is -0.384 e. The quantitative estimate of drug-likeness (QED) is 0.923. The smallest absolute Gasteiger partial charge is 0.205 e. The van der Waals surface area contributed by atoms with Gasteiger partial charge in [0.05, 0.1) is 11.9 Å². The Morgan fingerprint density at radius 3 is 2.46 bits per heavy atom. The SMILES string of the molecule is Nc1ccc(N2CCN(c3nc(C4CCCCC4)ns3)CC2)cn1. The average Bonchev–Trinajstić information content (AvgIpc) is 3.13. The number of anilines is 3. The van der Waals surface area contributed by atoms with Gasteiger partial charge in [-0.1, -0.05) is 19.3 Å². The summed E-state index contributed by atoms with van der Waals surface area (Å²) >= 11 is 1.57. The summed E-state index contributed by atoms with van der Waals surface area (Å²) in [5, 5.41) is 1.09. The first kappa shape index (κ1) is 15.6. The second kappa shape index (κ2) is 6.93. The van der Waals surface area contributed by atoms with Crippen molar-refractivity contribution >= 4 is 28.2 Å². The van der Waals surface area contributed by atoms with E-state index in [2.05, 4.69) is 19.2 Å². The maximum Gasteiger partial charge on any atom is 0.205 e. The molecule has 2 fully saturated rings. The number of nitrogen functional groups attached to an aromatic ring is 1. The summed E-state index contributed by atoms with van der Waals surface area (Å²) in [7, 11) is 0. The van der Waals surface area contributed by atoms with Crippen molar-refractivity contribution in [1.82, 2.24) is 14.3 Å². The zero-order valence-corrected chi connectivity index (χ0v) is 14.7. The normalized spacial score (nSPS) is 19.7. The molecule has 128 valence electrons. The van der Waals surface area contributed by atoms with E-state index in [0.29, 0.717) is 11.7 Å². The molecule has 2 aliphatic rings. The molecule has 3 heterocycles. The summed E-state index contributed by atoms with van der Waals surface area (Å²) < 4.78 is 4.65. The van der Waals surface area contributed by atoms with Crippen LogP contribution in [0.25, 0.3) is 0 Å². The lowest BCUT2D eigenvalue weighted by Crippen LogP contribution is -2.46. The van der Waals surface area contributed by atoms with Gasteiger partial charge >= 0.3 is 0 Å². The molecule has 2 aromatic rings. The van der Waals surface area contributed by atoms with Gasteiger partial charge in [0, 0.05) is 43.6 Å². The zero-order chi connectivity index (χ0) is 16.4. The van der Waals surface area contributed by atoms with E-state index in [-0.39, 0.29) is 0 Å². The van der Waals surface area contributed by atoms with E-state index < -0.39 is 0 Å². The van der Waals surface area contributed by atoms with Crippen LogP contribution in [0.3, 0.4) is 0 Å². The van der Waals surface area contributed by atoms with Crippen molar-refractivity contribution < 1.29 is 0 Å². The summed E-state index contributed by atoms with van der Waals surface area (Å²) in [6.07, 6.45) is 8.40. The molecule has 0 amide bonds. The summed E-state index contributed by atoms with van der Waals surface area (Å²) in [5.41, 5.74) is 6.81. The third kappa shape index (κ3) is 3.31. The Morgan fingerprint density at radius 2 is 1.75 bits per heavy atom. The van der Waals surface area contributed by atoms with Gasteiger partial charge in [-0.2, -0.15) is 4.37 Å². The predicted molar refractivity (Wildman–Crippen MR) is 98.8 cm³/mol. The third-order valence-electron chi connectivity index (χ3n) is 5.09. The fourth-order valence-corrected chi connectivity index (χ4v) is 4.42. The Morgan fingerprint density at radius 1 is 1.00 bits per heavy atom. The molecule has 2 aromatic heterocycles. The van der Waals surface area contributed by atoms with Crippen molar-refractivity contribution in [2.45, 2.75) is 38.0 Å². The van der Waals surface area contributed by atoms with E-state index in [9.17, 15) is 0 Å². The Bertz CT molecular complexity index is 656. The summed E-state index contributed by atoms with van der Waals surface area (Å²) in [4.78, 5) is 13.8. The number of hydrogen-bond acceptors (Lipinski definition) is 7. The lowest BCUT2D eigenvalue weighted by atomic mass is 9.89. The fourth-order valence-electron chi connectivity index (χ4n) is 3.62. The molecule has 0 spiro atoms. The average molecular weight is 344 g/mol. The molecule has 7 heteroatoms. The highest BCUT2D eigenvalue weighted by atomic mass is 32.1. The van der Waals surface area contributed by atoms with E-state index >= 15 is 0 Å². The van der Waals surface area contributed by atoms with Crippen molar-refractivity contribution in [3.05, 3.63) is 24.2 Å². The Kier molecular flexibility index (Phi) is 4.51. The first-order chi connectivity index (χ1) is 11.8. The Balaban J connectivity index is 1.37. The van der Waals surface area contributed by atoms with Gasteiger partial charge in [0.1, 0.15) is 11.6 Å². The molecule has 0 bridgehead atoms. The highest BCUT2D eigenvalue weighted by Gasteiger charge is 2.24. The second-order valence-electron chi connectivity index (χ2n) is 6.69. The molecule has 1 saturated carbocycles. The van der Waals surface area contributed by atoms with Gasteiger partial charge in [-0.05, 0) is 25.0 Å². The minimum atomic E-state index is 0.571. The van der Waals surface area contributed by atoms with Crippen molar-refractivity contribution in [2.24, 2.45) is 0 Å². The van der Waals surface area contributed by atoms with Crippen LogP contribution < -0.4 is 15.5 Å². The monoisotopic (exact) mass is 344 g/mol. The van der Waals surface area contributed by atoms with Crippen LogP contribution in [0.15, 0.2) is 18.3 Å². The molecule has 0 unspecified atom stereocenters. The van der Waals surface area contributed by atoms with Crippen LogP contribution in [0.2, 0.25) is 0 Å². The number of piperazine rings is 1. The van der Waals surface area contributed by atoms with E-state index in [1.165, 1.54) is 32.1 Å². The third-order valence-corrected chi connectivity index (χ3v) is 5.88. The summed E-state index contributed by atoms with van der Waals surface area (Å²) in [6, 6.07) is 3.91. The summed E-state index contributed by atoms with van der Waals surface area (Å²) in [5.74, 6) is 2.24. The van der Waals surface area contributed by atoms with Gasteiger partial charge in [0.15, 0.2) is 0 Å². The molecule has 1 aliphatic heterocycles. The number of nitrogens with zero attached hydrogens (tertiary/aromatic N) is 5. The van der Waals surface area contributed by atoms with Gasteiger partial charge in [-0.15, -0.1) is 0 Å². The number of rotatable bonds is 3. The van der Waals surface area contributed by atoms with Crippen LogP contribution in [-0.4, -0.2) is 40.5 Å². The van der Waals surface area contributed by atoms with Crippen LogP contribution in [0.5, 0.6) is 0 Å². The van der Waals surface area contributed by atoms with Gasteiger partial charge in [0.25, 0.3) is 0 Å². The molecule has 24 heavy (non-hydrogen) atoms. The van der Waals surface area contributed by atoms with E-state index in [0.717, 1.165) is 42.8 Å². The number of aromatic nitrogens is 3. The lowest BCUT2D eigenvalue weighted by Gasteiger charge is -2.35. The van der Waals surface area contributed by atoms with Crippen molar-refractivity contribution in [3.8, 4) is 0 Å². The molecular formula is C17H24N6S. The van der Waals surface area contributed by atoms with E-state index in [1.807, 2.05) is 18.3 Å². The summed E-state index contributed by atoms with van der Waals surface area (Å²) in [6.45, 7) is 3.90. The fraction of sp³-hybridized carbons (Fsp3) is 0.588. The molecule has 1 saturated heterocycles. The van der Waals surface area contributed by atoms with Crippen LogP contribution in [0, 0.1) is 0 Å². The Labute approximate surface area is 146 Å². The molecule has 2 N–H and O–H groups in total. The van der Waals surface area contributed by atoms with E-state index in [1.54, 1.807) is 11.5 Å². The minimum absolute atomic E-state index is 0.571. The van der Waals surface area contributed by atoms with Crippen LogP contribution in [-0.2, 0) is 0 Å². The second-order valence-corrected chi connectivity index (χ2v) is 7.42. The van der Waals surface area contributed by atoms with Gasteiger partial charge in [0.2, 0.25) is 5.13 Å². The van der Waals surface area contributed by atoms with E-state index in [4.69, 9.17) is 10.7 Å². The molecule has 6 nitrogen and oxygen atoms in total. The Hall–Kier alpha value is -1.89. The maximum absolute atomic E-state index is 5.67. The van der Waals surface area contributed by atoms with Crippen molar-refractivity contribution in [2.75, 3.05) is 41.7 Å². The highest BCUT2D eigenvalue weighted by Crippen LogP contribution is 2.33. The largest absolute Gasteiger partial charge is 0.384 e. The first-order valence-corrected chi connectivity index (χ1v) is 9.62. The molecule has 0 radical (unpaired) electrons. The predicted octanol–water partition coefficient (Wildman–Crippen LogP) is 2.89. The van der Waals surface area contributed by atoms with Crippen LogP contribution in [0.1, 0.15) is 43.8 Å². The molecule has 0 aromatic carbocycles. The van der Waals surface area contributed by atoms with Gasteiger partial charge < -0.3 is 15.5 Å². The van der Waals surface area contributed by atoms with Crippen molar-refractivity contribution in [1.29, 1.82) is 0 Å². The molecule has 1 aliphatic carbocycles. The highest BCUT2D eigenvalue weighted by molar-refractivity contribution is 7.09.